The summed E-state index contributed by atoms with van der Waals surface area (Å²) in [5.74, 6) is 0.710. The summed E-state index contributed by atoms with van der Waals surface area (Å²) in [7, 11) is 0. The Bertz CT molecular complexity index is 1360. The highest BCUT2D eigenvalue weighted by atomic mass is 127. The fourth-order valence-electron chi connectivity index (χ4n) is 4.54. The number of hydrogen-bond acceptors (Lipinski definition) is 2. The summed E-state index contributed by atoms with van der Waals surface area (Å²) in [5, 5.41) is 25.5. The van der Waals surface area contributed by atoms with Gasteiger partial charge in [-0.3, -0.25) is 0 Å². The minimum absolute atomic E-state index is 0.355. The van der Waals surface area contributed by atoms with Crippen molar-refractivity contribution < 1.29 is 10.2 Å². The van der Waals surface area contributed by atoms with E-state index in [1.54, 1.807) is 0 Å². The molecular formula is C28H18I4O2. The van der Waals surface area contributed by atoms with E-state index < -0.39 is 0 Å². The van der Waals surface area contributed by atoms with E-state index in [0.717, 1.165) is 27.1 Å². The van der Waals surface area contributed by atoms with E-state index in [9.17, 15) is 10.2 Å². The van der Waals surface area contributed by atoms with Crippen LogP contribution in [0.5, 0.6) is 11.5 Å². The van der Waals surface area contributed by atoms with E-state index in [0.29, 0.717) is 11.5 Å². The number of rotatable bonds is 4. The molecular weight excluding hydrogens is 876 g/mol. The third-order valence-corrected chi connectivity index (χ3v) is 9.36. The first-order valence-corrected chi connectivity index (χ1v) is 14.9. The molecule has 0 fully saturated rings. The molecule has 0 atom stereocenters. The molecule has 170 valence electrons. The van der Waals surface area contributed by atoms with Crippen LogP contribution < -0.4 is 0 Å². The lowest BCUT2D eigenvalue weighted by atomic mass is 9.86. The van der Waals surface area contributed by atoms with E-state index in [4.69, 9.17) is 0 Å². The summed E-state index contributed by atoms with van der Waals surface area (Å²) in [6.07, 6.45) is 1.59. The molecule has 6 heteroatoms. The van der Waals surface area contributed by atoms with Crippen molar-refractivity contribution in [2.75, 3.05) is 0 Å². The van der Waals surface area contributed by atoms with E-state index in [1.165, 1.54) is 43.8 Å². The molecule has 0 spiro atoms. The molecule has 0 aliphatic carbocycles. The Kier molecular flexibility index (Phi) is 7.48. The Labute approximate surface area is 252 Å². The van der Waals surface area contributed by atoms with Gasteiger partial charge >= 0.3 is 0 Å². The topological polar surface area (TPSA) is 40.5 Å². The summed E-state index contributed by atoms with van der Waals surface area (Å²) in [5.41, 5.74) is 5.00. The van der Waals surface area contributed by atoms with Crippen LogP contribution in [-0.2, 0) is 12.8 Å². The predicted molar refractivity (Wildman–Crippen MR) is 174 cm³/mol. The number of hydrogen-bond donors (Lipinski definition) is 2. The van der Waals surface area contributed by atoms with Gasteiger partial charge in [-0.05, 0) is 171 Å². The van der Waals surface area contributed by atoms with Crippen molar-refractivity contribution in [1.29, 1.82) is 0 Å². The van der Waals surface area contributed by atoms with E-state index in [2.05, 4.69) is 163 Å². The minimum atomic E-state index is 0.355. The molecule has 2 nitrogen and oxygen atoms in total. The average Bonchev–Trinajstić information content (AvgIpc) is 2.82. The van der Waals surface area contributed by atoms with Gasteiger partial charge in [-0.2, -0.15) is 0 Å². The van der Waals surface area contributed by atoms with Crippen molar-refractivity contribution in [3.8, 4) is 11.5 Å². The molecule has 0 aliphatic heterocycles. The van der Waals surface area contributed by atoms with Crippen molar-refractivity contribution >= 4 is 112 Å². The zero-order valence-corrected chi connectivity index (χ0v) is 26.4. The number of fused-ring (bicyclic) bond motifs is 2. The van der Waals surface area contributed by atoms with Gasteiger partial charge in [-0.1, -0.05) is 48.5 Å². The van der Waals surface area contributed by atoms with Crippen LogP contribution in [0.15, 0.2) is 72.8 Å². The fourth-order valence-corrected chi connectivity index (χ4v) is 8.33. The van der Waals surface area contributed by atoms with E-state index in [-0.39, 0.29) is 0 Å². The lowest BCUT2D eigenvalue weighted by molar-refractivity contribution is 0.467. The number of halogens is 4. The standard InChI is InChI=1S/C28H18I4O2/c29-23-11-15(12-24(30)27(23)33)9-21-17-5-1-2-6-18(17)22(20-8-4-3-7-19(20)21)10-16-13-25(31)28(34)26(32)14-16/h1-8,11-14,33-34H,9-10H2. The molecule has 5 aromatic rings. The molecule has 0 unspecified atom stereocenters. The quantitative estimate of drug-likeness (QED) is 0.140. The van der Waals surface area contributed by atoms with Gasteiger partial charge < -0.3 is 10.2 Å². The number of benzene rings is 5. The molecule has 0 bridgehead atoms. The largest absolute Gasteiger partial charge is 0.506 e. The van der Waals surface area contributed by atoms with Gasteiger partial charge in [-0.15, -0.1) is 0 Å². The van der Waals surface area contributed by atoms with Gasteiger partial charge in [0.1, 0.15) is 11.5 Å². The molecule has 0 amide bonds. The number of phenols is 2. The monoisotopic (exact) mass is 894 g/mol. The van der Waals surface area contributed by atoms with Crippen LogP contribution in [0.25, 0.3) is 21.5 Å². The maximum Gasteiger partial charge on any atom is 0.142 e. The maximum absolute atomic E-state index is 10.2. The predicted octanol–water partition coefficient (Wildman–Crippen LogP) is 9.00. The molecule has 0 aliphatic rings. The third kappa shape index (κ3) is 4.75. The maximum atomic E-state index is 10.2. The Balaban J connectivity index is 1.73. The molecule has 5 aromatic carbocycles. The molecule has 0 heterocycles. The summed E-state index contributed by atoms with van der Waals surface area (Å²) >= 11 is 8.82. The third-order valence-electron chi connectivity index (χ3n) is 6.07. The SMILES string of the molecule is Oc1c(I)cc(Cc2c3ccccc3c(Cc3cc(I)c(O)c(I)c3)c3ccccc23)cc1I. The first-order chi connectivity index (χ1) is 16.3. The molecule has 34 heavy (non-hydrogen) atoms. The Morgan fingerprint density at radius 1 is 0.471 bits per heavy atom. The highest BCUT2D eigenvalue weighted by Crippen LogP contribution is 2.37. The Hall–Kier alpha value is -0.860. The zero-order chi connectivity index (χ0) is 24.0. The van der Waals surface area contributed by atoms with Gasteiger partial charge in [0.15, 0.2) is 0 Å². The fraction of sp³-hybridized carbons (Fsp3) is 0.0714. The lowest BCUT2D eigenvalue weighted by Crippen LogP contribution is -1.99. The van der Waals surface area contributed by atoms with Crippen LogP contribution in [0, 0.1) is 14.3 Å². The van der Waals surface area contributed by atoms with Crippen molar-refractivity contribution in [2.45, 2.75) is 12.8 Å². The second-order valence-electron chi connectivity index (χ2n) is 8.22. The molecule has 0 aromatic heterocycles. The van der Waals surface area contributed by atoms with Crippen LogP contribution in [0.3, 0.4) is 0 Å². The van der Waals surface area contributed by atoms with Crippen LogP contribution in [-0.4, -0.2) is 10.2 Å². The summed E-state index contributed by atoms with van der Waals surface area (Å²) in [6, 6.07) is 25.7. The highest BCUT2D eigenvalue weighted by Gasteiger charge is 2.16. The van der Waals surface area contributed by atoms with Crippen molar-refractivity contribution in [2.24, 2.45) is 0 Å². The van der Waals surface area contributed by atoms with Gasteiger partial charge in [0.25, 0.3) is 0 Å². The van der Waals surface area contributed by atoms with Crippen LogP contribution in [0.1, 0.15) is 22.3 Å². The van der Waals surface area contributed by atoms with E-state index >= 15 is 0 Å². The summed E-state index contributed by atoms with van der Waals surface area (Å²) in [4.78, 5) is 0. The summed E-state index contributed by atoms with van der Waals surface area (Å²) in [6.45, 7) is 0. The van der Waals surface area contributed by atoms with Gasteiger partial charge in [-0.25, -0.2) is 0 Å². The van der Waals surface area contributed by atoms with Gasteiger partial charge in [0.2, 0.25) is 0 Å². The second kappa shape index (κ2) is 10.3. The lowest BCUT2D eigenvalue weighted by Gasteiger charge is -2.18. The first-order valence-electron chi connectivity index (χ1n) is 10.6. The average molecular weight is 894 g/mol. The van der Waals surface area contributed by atoms with Crippen molar-refractivity contribution in [3.05, 3.63) is 109 Å². The van der Waals surface area contributed by atoms with E-state index in [1.807, 2.05) is 0 Å². The normalized spacial score (nSPS) is 11.4. The molecule has 0 saturated carbocycles. The van der Waals surface area contributed by atoms with Gasteiger partial charge in [0.05, 0.1) is 14.3 Å². The zero-order valence-electron chi connectivity index (χ0n) is 17.7. The Morgan fingerprint density at radius 3 is 1.00 bits per heavy atom. The molecule has 5 rings (SSSR count). The highest BCUT2D eigenvalue weighted by molar-refractivity contribution is 14.1. The number of phenolic OH excluding ortho intramolecular Hbond substituents is 2. The molecule has 0 saturated heterocycles. The van der Waals surface area contributed by atoms with Crippen molar-refractivity contribution in [3.63, 3.8) is 0 Å². The van der Waals surface area contributed by atoms with Crippen LogP contribution in [0.4, 0.5) is 0 Å². The summed E-state index contributed by atoms with van der Waals surface area (Å²) < 4.78 is 3.50. The van der Waals surface area contributed by atoms with Gasteiger partial charge in [0, 0.05) is 0 Å². The van der Waals surface area contributed by atoms with Crippen LogP contribution >= 0.6 is 90.4 Å². The first kappa shape index (κ1) is 24.8. The second-order valence-corrected chi connectivity index (χ2v) is 12.9. The Morgan fingerprint density at radius 2 is 0.735 bits per heavy atom. The number of aromatic hydroxyl groups is 2. The smallest absolute Gasteiger partial charge is 0.142 e. The minimum Gasteiger partial charge on any atom is -0.506 e. The van der Waals surface area contributed by atoms with Crippen molar-refractivity contribution in [1.82, 2.24) is 0 Å². The molecule has 2 N–H and O–H groups in total. The van der Waals surface area contributed by atoms with Crippen LogP contribution in [0.2, 0.25) is 0 Å². The molecule has 0 radical (unpaired) electrons.